The topological polar surface area (TPSA) is 27.0 Å². The van der Waals surface area contributed by atoms with Crippen molar-refractivity contribution < 1.29 is 0 Å². The number of nitriles is 1. The fraction of sp³-hybridized carbons (Fsp3) is 0.696. The number of likely N-dealkylation sites (tertiary alicyclic amines) is 1. The van der Waals surface area contributed by atoms with E-state index in [9.17, 15) is 5.26 Å². The van der Waals surface area contributed by atoms with Crippen LogP contribution in [-0.2, 0) is 5.41 Å². The zero-order valence-electron chi connectivity index (χ0n) is 16.2. The van der Waals surface area contributed by atoms with Gasteiger partial charge in [-0.3, -0.25) is 0 Å². The molecule has 1 heterocycles. The van der Waals surface area contributed by atoms with E-state index in [1.807, 2.05) is 0 Å². The maximum atomic E-state index is 9.98. The molecule has 0 atom stereocenters. The van der Waals surface area contributed by atoms with E-state index in [2.05, 4.69) is 43.0 Å². The lowest BCUT2D eigenvalue weighted by Crippen LogP contribution is -2.43. The van der Waals surface area contributed by atoms with E-state index in [1.165, 1.54) is 68.2 Å². The second-order valence-corrected chi connectivity index (χ2v) is 8.58. The van der Waals surface area contributed by atoms with Gasteiger partial charge >= 0.3 is 0 Å². The highest BCUT2D eigenvalue weighted by molar-refractivity contribution is 5.39. The third kappa shape index (κ3) is 4.64. The second-order valence-electron chi connectivity index (χ2n) is 8.58. The molecule has 25 heavy (non-hydrogen) atoms. The van der Waals surface area contributed by atoms with Crippen LogP contribution < -0.4 is 0 Å². The normalized spacial score (nSPS) is 22.8. The third-order valence-corrected chi connectivity index (χ3v) is 6.44. The van der Waals surface area contributed by atoms with Crippen LogP contribution in [0.25, 0.3) is 0 Å². The minimum atomic E-state index is -0.270. The van der Waals surface area contributed by atoms with Crippen molar-refractivity contribution in [3.05, 3.63) is 34.9 Å². The van der Waals surface area contributed by atoms with Gasteiger partial charge in [0.1, 0.15) is 0 Å². The van der Waals surface area contributed by atoms with Crippen molar-refractivity contribution >= 4 is 0 Å². The number of aryl methyl sites for hydroxylation is 2. The van der Waals surface area contributed by atoms with Crippen molar-refractivity contribution in [2.45, 2.75) is 77.0 Å². The third-order valence-electron chi connectivity index (χ3n) is 6.44. The molecule has 3 rings (SSSR count). The Hall–Kier alpha value is -1.33. The predicted octanol–water partition coefficient (Wildman–Crippen LogP) is 5.52. The highest BCUT2D eigenvalue weighted by atomic mass is 15.1. The number of piperidine rings is 1. The fourth-order valence-electron chi connectivity index (χ4n) is 4.92. The zero-order valence-corrected chi connectivity index (χ0v) is 16.2. The molecule has 1 aliphatic carbocycles. The molecule has 0 bridgehead atoms. The van der Waals surface area contributed by atoms with Crippen LogP contribution >= 0.6 is 0 Å². The summed E-state index contributed by atoms with van der Waals surface area (Å²) in [5, 5.41) is 9.98. The highest BCUT2D eigenvalue weighted by Crippen LogP contribution is 2.36. The van der Waals surface area contributed by atoms with Gasteiger partial charge in [0.15, 0.2) is 0 Å². The Morgan fingerprint density at radius 1 is 0.960 bits per heavy atom. The van der Waals surface area contributed by atoms with Crippen molar-refractivity contribution in [1.29, 1.82) is 5.26 Å². The summed E-state index contributed by atoms with van der Waals surface area (Å²) in [5.41, 5.74) is 3.54. The Balaban J connectivity index is 1.62. The molecule has 2 nitrogen and oxygen atoms in total. The van der Waals surface area contributed by atoms with Crippen LogP contribution in [0.3, 0.4) is 0 Å². The summed E-state index contributed by atoms with van der Waals surface area (Å²) in [6.07, 6.45) is 11.9. The second kappa shape index (κ2) is 8.37. The van der Waals surface area contributed by atoms with Gasteiger partial charge in [-0.2, -0.15) is 5.26 Å². The van der Waals surface area contributed by atoms with Crippen LogP contribution in [0.5, 0.6) is 0 Å². The highest BCUT2D eigenvalue weighted by Gasteiger charge is 2.37. The smallest absolute Gasteiger partial charge is 0.0846 e. The Bertz CT molecular complexity index is 577. The maximum Gasteiger partial charge on any atom is 0.0846 e. The van der Waals surface area contributed by atoms with Gasteiger partial charge in [0.25, 0.3) is 0 Å². The van der Waals surface area contributed by atoms with Crippen LogP contribution in [0.2, 0.25) is 0 Å². The van der Waals surface area contributed by atoms with Crippen LogP contribution in [0.15, 0.2) is 18.2 Å². The molecule has 136 valence electrons. The van der Waals surface area contributed by atoms with E-state index in [0.29, 0.717) is 0 Å². The number of hydrogen-bond donors (Lipinski definition) is 0. The summed E-state index contributed by atoms with van der Waals surface area (Å²) in [7, 11) is 0. The number of benzene rings is 1. The van der Waals surface area contributed by atoms with Gasteiger partial charge in [-0.05, 0) is 64.1 Å². The molecule has 0 spiro atoms. The molecule has 1 aromatic rings. The molecule has 1 aliphatic heterocycles. The Morgan fingerprint density at radius 2 is 1.52 bits per heavy atom. The Labute approximate surface area is 154 Å². The number of nitrogens with zero attached hydrogens (tertiary/aromatic N) is 2. The number of hydrogen-bond acceptors (Lipinski definition) is 2. The van der Waals surface area contributed by atoms with Gasteiger partial charge in [0.2, 0.25) is 0 Å². The van der Waals surface area contributed by atoms with E-state index in [-0.39, 0.29) is 5.41 Å². The predicted molar refractivity (Wildman–Crippen MR) is 105 cm³/mol. The fourth-order valence-corrected chi connectivity index (χ4v) is 4.92. The van der Waals surface area contributed by atoms with Gasteiger partial charge < -0.3 is 4.90 Å². The van der Waals surface area contributed by atoms with Crippen LogP contribution in [0.1, 0.15) is 74.5 Å². The monoisotopic (exact) mass is 338 g/mol. The van der Waals surface area contributed by atoms with E-state index >= 15 is 0 Å². The summed E-state index contributed by atoms with van der Waals surface area (Å²) in [4.78, 5) is 2.64. The quantitative estimate of drug-likeness (QED) is 0.725. The lowest BCUT2D eigenvalue weighted by Gasteiger charge is -2.39. The van der Waals surface area contributed by atoms with Crippen LogP contribution in [0, 0.1) is 31.1 Å². The molecule has 1 saturated heterocycles. The molecule has 0 N–H and O–H groups in total. The summed E-state index contributed by atoms with van der Waals surface area (Å²) in [6.45, 7) is 7.71. The molecule has 2 fully saturated rings. The first-order valence-electron chi connectivity index (χ1n) is 10.3. The van der Waals surface area contributed by atoms with E-state index in [0.717, 1.165) is 31.8 Å². The summed E-state index contributed by atoms with van der Waals surface area (Å²) in [5.74, 6) is 0.885. The Kier molecular flexibility index (Phi) is 6.18. The summed E-state index contributed by atoms with van der Waals surface area (Å²) in [6, 6.07) is 9.38. The summed E-state index contributed by atoms with van der Waals surface area (Å²) < 4.78 is 0. The molecular formula is C23H34N2. The zero-order chi connectivity index (χ0) is 17.7. The van der Waals surface area contributed by atoms with Gasteiger partial charge in [0, 0.05) is 6.54 Å². The minimum Gasteiger partial charge on any atom is -0.303 e. The van der Waals surface area contributed by atoms with E-state index in [1.54, 1.807) is 0 Å². The molecular weight excluding hydrogens is 304 g/mol. The molecule has 1 saturated carbocycles. The molecule has 0 radical (unpaired) electrons. The molecule has 0 aromatic heterocycles. The van der Waals surface area contributed by atoms with Gasteiger partial charge in [-0.1, -0.05) is 61.4 Å². The first-order chi connectivity index (χ1) is 12.1. The van der Waals surface area contributed by atoms with E-state index < -0.39 is 0 Å². The molecule has 2 aliphatic rings. The standard InChI is InChI=1S/C23H34N2/c1-19-14-20(2)16-22(15-19)23(18-24)10-12-25(13-11-23)17-21-8-6-4-3-5-7-9-21/h14-16,21H,3-13,17H2,1-2H3. The maximum absolute atomic E-state index is 9.98. The van der Waals surface area contributed by atoms with Crippen molar-refractivity contribution in [2.24, 2.45) is 5.92 Å². The first kappa shape index (κ1) is 18.5. The lowest BCUT2D eigenvalue weighted by atomic mass is 9.73. The largest absolute Gasteiger partial charge is 0.303 e. The molecule has 2 heteroatoms. The average molecular weight is 339 g/mol. The van der Waals surface area contributed by atoms with Gasteiger partial charge in [0.05, 0.1) is 11.5 Å². The van der Waals surface area contributed by atoms with Crippen LogP contribution in [-0.4, -0.2) is 24.5 Å². The van der Waals surface area contributed by atoms with Crippen molar-refractivity contribution in [3.8, 4) is 6.07 Å². The van der Waals surface area contributed by atoms with Gasteiger partial charge in [-0.25, -0.2) is 0 Å². The van der Waals surface area contributed by atoms with Crippen molar-refractivity contribution in [2.75, 3.05) is 19.6 Å². The van der Waals surface area contributed by atoms with Crippen molar-refractivity contribution in [1.82, 2.24) is 4.90 Å². The Morgan fingerprint density at radius 3 is 2.08 bits per heavy atom. The number of rotatable bonds is 3. The van der Waals surface area contributed by atoms with Gasteiger partial charge in [-0.15, -0.1) is 0 Å². The van der Waals surface area contributed by atoms with Crippen LogP contribution in [0.4, 0.5) is 0 Å². The average Bonchev–Trinajstić information content (AvgIpc) is 2.57. The first-order valence-corrected chi connectivity index (χ1v) is 10.3. The molecule has 0 amide bonds. The SMILES string of the molecule is Cc1cc(C)cc(C2(C#N)CCN(CC3CCCCCCC3)CC2)c1. The lowest BCUT2D eigenvalue weighted by molar-refractivity contribution is 0.151. The minimum absolute atomic E-state index is 0.270. The molecule has 1 aromatic carbocycles. The van der Waals surface area contributed by atoms with Crippen molar-refractivity contribution in [3.63, 3.8) is 0 Å². The molecule has 0 unspecified atom stereocenters. The summed E-state index contributed by atoms with van der Waals surface area (Å²) >= 11 is 0. The van der Waals surface area contributed by atoms with E-state index in [4.69, 9.17) is 0 Å².